The lowest BCUT2D eigenvalue weighted by atomic mass is 10.1. The summed E-state index contributed by atoms with van der Waals surface area (Å²) in [6.45, 7) is 2.13. The monoisotopic (exact) mass is 298 g/mol. The van der Waals surface area contributed by atoms with Gasteiger partial charge >= 0.3 is 0 Å². The minimum atomic E-state index is 1.29. The van der Waals surface area contributed by atoms with Gasteiger partial charge in [0.05, 0.1) is 12.7 Å². The second-order valence-electron chi connectivity index (χ2n) is 3.56. The Kier molecular flexibility index (Phi) is 5.03. The lowest BCUT2D eigenvalue weighted by Gasteiger charge is -1.98. The first-order chi connectivity index (χ1) is 8.22. The van der Waals surface area contributed by atoms with Gasteiger partial charge in [-0.25, -0.2) is 0 Å². The first-order valence-electron chi connectivity index (χ1n) is 5.19. The quantitative estimate of drug-likeness (QED) is 0.709. The first kappa shape index (κ1) is 13.5. The zero-order chi connectivity index (χ0) is 12.3. The fourth-order valence-corrected chi connectivity index (χ4v) is 6.44. The molecule has 0 amide bonds. The number of aryl methyl sites for hydroxylation is 1. The predicted octanol–water partition coefficient (Wildman–Crippen LogP) is 5.63. The lowest BCUT2D eigenvalue weighted by molar-refractivity contribution is 1.46. The van der Waals surface area contributed by atoms with Gasteiger partial charge in [0, 0.05) is 0 Å². The molecular weight excluding hydrogens is 284 g/mol. The maximum absolute atomic E-state index is 2.28. The molecule has 2 rings (SSSR count). The molecule has 1 aromatic rings. The molecule has 90 valence electrons. The van der Waals surface area contributed by atoms with E-state index < -0.39 is 0 Å². The van der Waals surface area contributed by atoms with E-state index in [9.17, 15) is 0 Å². The summed E-state index contributed by atoms with van der Waals surface area (Å²) in [5.41, 5.74) is 2.61. The van der Waals surface area contributed by atoms with Crippen LogP contribution in [0.3, 0.4) is 0 Å². The van der Waals surface area contributed by atoms with Crippen molar-refractivity contribution in [2.24, 2.45) is 0 Å². The Balaban J connectivity index is 2.17. The summed E-state index contributed by atoms with van der Waals surface area (Å²) in [6.07, 6.45) is 6.57. The van der Waals surface area contributed by atoms with Crippen molar-refractivity contribution >= 4 is 53.1 Å². The van der Waals surface area contributed by atoms with E-state index >= 15 is 0 Å². The lowest BCUT2D eigenvalue weighted by Crippen LogP contribution is -1.75. The fourth-order valence-electron chi connectivity index (χ4n) is 1.49. The van der Waals surface area contributed by atoms with E-state index in [0.717, 1.165) is 0 Å². The van der Waals surface area contributed by atoms with Gasteiger partial charge in [-0.05, 0) is 31.1 Å². The minimum Gasteiger partial charge on any atom is -0.121 e. The van der Waals surface area contributed by atoms with E-state index in [1.54, 1.807) is 0 Å². The molecular formula is C13H14S4. The van der Waals surface area contributed by atoms with Crippen molar-refractivity contribution in [1.29, 1.82) is 0 Å². The second kappa shape index (κ2) is 6.32. The first-order valence-corrected chi connectivity index (χ1v) is 9.27. The molecule has 0 aliphatic carbocycles. The third-order valence-corrected chi connectivity index (χ3v) is 7.33. The zero-order valence-corrected chi connectivity index (χ0v) is 13.3. The molecule has 4 heteroatoms. The standard InChI is InChI=1S/C13H14S4/c1-9-5-4-6-10(7-9)8-11-16-12(14-2)13(15-3)17-11/h4-8H,1-3H3. The largest absolute Gasteiger partial charge is 0.121 e. The topological polar surface area (TPSA) is 0 Å². The third-order valence-electron chi connectivity index (χ3n) is 2.25. The molecule has 1 heterocycles. The highest BCUT2D eigenvalue weighted by Gasteiger charge is 2.19. The van der Waals surface area contributed by atoms with Crippen LogP contribution in [-0.2, 0) is 0 Å². The van der Waals surface area contributed by atoms with Crippen LogP contribution in [0, 0.1) is 6.92 Å². The van der Waals surface area contributed by atoms with Gasteiger partial charge in [-0.15, -0.1) is 23.5 Å². The summed E-state index contributed by atoms with van der Waals surface area (Å²) < 4.78 is 4.24. The summed E-state index contributed by atoms with van der Waals surface area (Å²) >= 11 is 7.47. The molecule has 1 aliphatic rings. The number of hydrogen-bond acceptors (Lipinski definition) is 4. The molecule has 1 aromatic carbocycles. The molecule has 0 saturated carbocycles. The second-order valence-corrected chi connectivity index (χ2v) is 8.08. The minimum absolute atomic E-state index is 1.29. The van der Waals surface area contributed by atoms with Gasteiger partial charge in [-0.1, -0.05) is 53.4 Å². The molecule has 17 heavy (non-hydrogen) atoms. The molecule has 0 bridgehead atoms. The van der Waals surface area contributed by atoms with Crippen molar-refractivity contribution < 1.29 is 0 Å². The van der Waals surface area contributed by atoms with Crippen molar-refractivity contribution in [3.63, 3.8) is 0 Å². The normalized spacial score (nSPS) is 15.6. The zero-order valence-electron chi connectivity index (χ0n) is 10.0. The molecule has 1 aliphatic heterocycles. The Morgan fingerprint density at radius 1 is 1.06 bits per heavy atom. The summed E-state index contributed by atoms with van der Waals surface area (Å²) in [7, 11) is 0. The molecule has 0 fully saturated rings. The van der Waals surface area contributed by atoms with Crippen LogP contribution in [0.4, 0.5) is 0 Å². The predicted molar refractivity (Wildman–Crippen MR) is 88.4 cm³/mol. The number of rotatable bonds is 3. The van der Waals surface area contributed by atoms with Crippen LogP contribution in [-0.4, -0.2) is 12.5 Å². The van der Waals surface area contributed by atoms with Gasteiger partial charge in [0.15, 0.2) is 0 Å². The van der Waals surface area contributed by atoms with Crippen molar-refractivity contribution in [2.45, 2.75) is 6.92 Å². The summed E-state index contributed by atoms with van der Waals surface area (Å²) in [6, 6.07) is 8.64. The van der Waals surface area contributed by atoms with Gasteiger partial charge in [0.1, 0.15) is 0 Å². The van der Waals surface area contributed by atoms with Gasteiger partial charge in [0.2, 0.25) is 0 Å². The van der Waals surface area contributed by atoms with Gasteiger partial charge in [-0.3, -0.25) is 0 Å². The van der Waals surface area contributed by atoms with E-state index in [1.165, 1.54) is 23.8 Å². The Bertz CT molecular complexity index is 456. The molecule has 0 saturated heterocycles. The molecule has 0 spiro atoms. The Hall–Kier alpha value is 0.1000. The highest BCUT2D eigenvalue weighted by atomic mass is 32.3. The number of thioether (sulfide) groups is 4. The van der Waals surface area contributed by atoms with Crippen LogP contribution in [0.25, 0.3) is 6.08 Å². The Morgan fingerprint density at radius 2 is 1.71 bits per heavy atom. The van der Waals surface area contributed by atoms with Gasteiger partial charge < -0.3 is 0 Å². The van der Waals surface area contributed by atoms with E-state index in [-0.39, 0.29) is 0 Å². The molecule has 0 aromatic heterocycles. The van der Waals surface area contributed by atoms with Crippen LogP contribution < -0.4 is 0 Å². The van der Waals surface area contributed by atoms with Gasteiger partial charge in [0.25, 0.3) is 0 Å². The SMILES string of the molecule is CSC1=C(SC)SC(=Cc2cccc(C)c2)S1. The highest BCUT2D eigenvalue weighted by molar-refractivity contribution is 8.40. The maximum Gasteiger partial charge on any atom is 0.0657 e. The molecule has 0 radical (unpaired) electrons. The average molecular weight is 299 g/mol. The number of benzene rings is 1. The van der Waals surface area contributed by atoms with Crippen molar-refractivity contribution in [2.75, 3.05) is 12.5 Å². The molecule has 0 nitrogen and oxygen atoms in total. The van der Waals surface area contributed by atoms with Crippen LogP contribution in [0.15, 0.2) is 37.0 Å². The fraction of sp³-hybridized carbons (Fsp3) is 0.231. The van der Waals surface area contributed by atoms with E-state index in [0.29, 0.717) is 0 Å². The summed E-state index contributed by atoms with van der Waals surface area (Å²) in [4.78, 5) is 0. The maximum atomic E-state index is 2.28. The van der Waals surface area contributed by atoms with E-state index in [4.69, 9.17) is 0 Å². The summed E-state index contributed by atoms with van der Waals surface area (Å²) in [5, 5.41) is 0. The Labute approximate surface area is 120 Å². The Morgan fingerprint density at radius 3 is 2.24 bits per heavy atom. The molecule has 0 atom stereocenters. The summed E-state index contributed by atoms with van der Waals surface area (Å²) in [5.74, 6) is 0. The smallest absolute Gasteiger partial charge is 0.0657 e. The van der Waals surface area contributed by atoms with Crippen molar-refractivity contribution in [3.05, 3.63) is 48.1 Å². The van der Waals surface area contributed by atoms with E-state index in [1.807, 2.05) is 47.0 Å². The van der Waals surface area contributed by atoms with Crippen LogP contribution in [0.2, 0.25) is 0 Å². The molecule has 0 N–H and O–H groups in total. The van der Waals surface area contributed by atoms with Gasteiger partial charge in [-0.2, -0.15) is 0 Å². The highest BCUT2D eigenvalue weighted by Crippen LogP contribution is 2.56. The number of hydrogen-bond donors (Lipinski definition) is 0. The van der Waals surface area contributed by atoms with Crippen LogP contribution >= 0.6 is 47.0 Å². The third kappa shape index (κ3) is 3.53. The average Bonchev–Trinajstić information content (AvgIpc) is 2.71. The van der Waals surface area contributed by atoms with Crippen molar-refractivity contribution in [1.82, 2.24) is 0 Å². The molecule has 0 unspecified atom stereocenters. The van der Waals surface area contributed by atoms with E-state index in [2.05, 4.69) is 49.8 Å². The van der Waals surface area contributed by atoms with Crippen LogP contribution in [0.5, 0.6) is 0 Å². The van der Waals surface area contributed by atoms with Crippen LogP contribution in [0.1, 0.15) is 11.1 Å². The van der Waals surface area contributed by atoms with Crippen molar-refractivity contribution in [3.8, 4) is 0 Å².